The highest BCUT2D eigenvalue weighted by Gasteiger charge is 2.12. The third-order valence-corrected chi connectivity index (χ3v) is 3.27. The number of benzene rings is 1. The molecule has 1 N–H and O–H groups in total. The maximum atomic E-state index is 13.7. The second kappa shape index (κ2) is 7.64. The van der Waals surface area contributed by atoms with Crippen LogP contribution in [-0.2, 0) is 6.42 Å². The van der Waals surface area contributed by atoms with Gasteiger partial charge in [-0.1, -0.05) is 18.6 Å². The molecule has 0 amide bonds. The van der Waals surface area contributed by atoms with Crippen LogP contribution in [0.15, 0.2) is 28.3 Å². The van der Waals surface area contributed by atoms with E-state index in [4.69, 9.17) is 0 Å². The maximum absolute atomic E-state index is 13.7. The fourth-order valence-electron chi connectivity index (χ4n) is 1.68. The van der Waals surface area contributed by atoms with Crippen molar-refractivity contribution >= 4 is 15.9 Å². The van der Waals surface area contributed by atoms with Crippen molar-refractivity contribution in [1.29, 1.82) is 0 Å². The van der Waals surface area contributed by atoms with Gasteiger partial charge in [-0.3, -0.25) is 0 Å². The summed E-state index contributed by atoms with van der Waals surface area (Å²) in [4.78, 5) is 0. The van der Waals surface area contributed by atoms with Gasteiger partial charge in [0.25, 0.3) is 0 Å². The summed E-state index contributed by atoms with van der Waals surface area (Å²) in [5, 5.41) is 3.20. The Bertz CT molecular complexity index is 430. The summed E-state index contributed by atoms with van der Waals surface area (Å²) < 4.78 is 27.6. The SMILES string of the molecule is CCNCC/C=C(/C)Cc1c(F)ccc(Br)c1F. The molecule has 1 rings (SSSR count). The lowest BCUT2D eigenvalue weighted by Crippen LogP contribution is -2.13. The zero-order valence-electron chi connectivity index (χ0n) is 10.7. The van der Waals surface area contributed by atoms with E-state index in [2.05, 4.69) is 21.2 Å². The van der Waals surface area contributed by atoms with Gasteiger partial charge in [-0.15, -0.1) is 0 Å². The average molecular weight is 318 g/mol. The monoisotopic (exact) mass is 317 g/mol. The highest BCUT2D eigenvalue weighted by atomic mass is 79.9. The molecule has 0 bridgehead atoms. The van der Waals surface area contributed by atoms with Crippen LogP contribution in [0.4, 0.5) is 8.78 Å². The Kier molecular flexibility index (Phi) is 6.50. The Balaban J connectivity index is 2.69. The first kappa shape index (κ1) is 15.3. The van der Waals surface area contributed by atoms with E-state index >= 15 is 0 Å². The van der Waals surface area contributed by atoms with E-state index in [0.29, 0.717) is 10.9 Å². The van der Waals surface area contributed by atoms with E-state index in [0.717, 1.165) is 25.1 Å². The van der Waals surface area contributed by atoms with Crippen molar-refractivity contribution in [2.45, 2.75) is 26.7 Å². The maximum Gasteiger partial charge on any atom is 0.143 e. The van der Waals surface area contributed by atoms with Gasteiger partial charge in [0.05, 0.1) is 4.47 Å². The summed E-state index contributed by atoms with van der Waals surface area (Å²) >= 11 is 3.07. The highest BCUT2D eigenvalue weighted by molar-refractivity contribution is 9.10. The standard InChI is InChI=1S/C14H18BrF2N/c1-3-18-8-4-5-10(2)9-11-13(16)7-6-12(15)14(11)17/h5-7,18H,3-4,8-9H2,1-2H3/b10-5-. The molecule has 1 aromatic rings. The molecule has 4 heteroatoms. The number of rotatable bonds is 6. The average Bonchev–Trinajstić information content (AvgIpc) is 2.35. The molecule has 0 saturated heterocycles. The van der Waals surface area contributed by atoms with Gasteiger partial charge in [-0.2, -0.15) is 0 Å². The smallest absolute Gasteiger partial charge is 0.143 e. The number of halogens is 3. The number of hydrogen-bond acceptors (Lipinski definition) is 1. The molecule has 0 aliphatic rings. The molecule has 0 heterocycles. The van der Waals surface area contributed by atoms with E-state index in [1.54, 1.807) is 0 Å². The molecule has 1 aromatic carbocycles. The minimum absolute atomic E-state index is 0.126. The first-order valence-corrected chi connectivity index (χ1v) is 6.84. The molecule has 0 spiro atoms. The Morgan fingerprint density at radius 3 is 2.78 bits per heavy atom. The van der Waals surface area contributed by atoms with Crippen LogP contribution in [0.2, 0.25) is 0 Å². The number of nitrogens with one attached hydrogen (secondary N) is 1. The normalized spacial score (nSPS) is 11.9. The second-order valence-electron chi connectivity index (χ2n) is 4.19. The molecule has 0 aliphatic heterocycles. The highest BCUT2D eigenvalue weighted by Crippen LogP contribution is 2.23. The fraction of sp³-hybridized carbons (Fsp3) is 0.429. The molecule has 0 radical (unpaired) electrons. The summed E-state index contributed by atoms with van der Waals surface area (Å²) in [5.41, 5.74) is 1.10. The van der Waals surface area contributed by atoms with E-state index in [1.165, 1.54) is 12.1 Å². The van der Waals surface area contributed by atoms with E-state index in [-0.39, 0.29) is 5.56 Å². The molecule has 1 nitrogen and oxygen atoms in total. The lowest BCUT2D eigenvalue weighted by molar-refractivity contribution is 0.556. The summed E-state index contributed by atoms with van der Waals surface area (Å²) in [7, 11) is 0. The zero-order chi connectivity index (χ0) is 13.5. The first-order chi connectivity index (χ1) is 8.56. The van der Waals surface area contributed by atoms with Crippen LogP contribution in [0.1, 0.15) is 25.8 Å². The summed E-state index contributed by atoms with van der Waals surface area (Å²) in [6.45, 7) is 5.76. The van der Waals surface area contributed by atoms with Crippen molar-refractivity contribution in [2.75, 3.05) is 13.1 Å². The molecular formula is C14H18BrF2N. The molecular weight excluding hydrogens is 300 g/mol. The summed E-state index contributed by atoms with van der Waals surface area (Å²) in [5.74, 6) is -0.996. The van der Waals surface area contributed by atoms with Crippen LogP contribution in [0, 0.1) is 11.6 Å². The number of allylic oxidation sites excluding steroid dienone is 1. The zero-order valence-corrected chi connectivity index (χ0v) is 12.3. The quantitative estimate of drug-likeness (QED) is 0.470. The van der Waals surface area contributed by atoms with Crippen LogP contribution in [0.25, 0.3) is 0 Å². The van der Waals surface area contributed by atoms with E-state index in [1.807, 2.05) is 19.9 Å². The lowest BCUT2D eigenvalue weighted by atomic mass is 10.0. The predicted octanol–water partition coefficient (Wildman–Crippen LogP) is 4.22. The van der Waals surface area contributed by atoms with Gasteiger partial charge in [0, 0.05) is 5.56 Å². The predicted molar refractivity (Wildman–Crippen MR) is 74.7 cm³/mol. The molecule has 0 atom stereocenters. The minimum atomic E-state index is -0.505. The van der Waals surface area contributed by atoms with Gasteiger partial charge in [-0.25, -0.2) is 8.78 Å². The molecule has 0 saturated carbocycles. The van der Waals surface area contributed by atoms with Gasteiger partial charge in [0.15, 0.2) is 0 Å². The molecule has 0 fully saturated rings. The lowest BCUT2D eigenvalue weighted by Gasteiger charge is -2.07. The topological polar surface area (TPSA) is 12.0 Å². The Labute approximate surface area is 115 Å². The molecule has 100 valence electrons. The van der Waals surface area contributed by atoms with Gasteiger partial charge < -0.3 is 5.32 Å². The Morgan fingerprint density at radius 2 is 2.11 bits per heavy atom. The van der Waals surface area contributed by atoms with Crippen LogP contribution in [0.5, 0.6) is 0 Å². The molecule has 0 aliphatic carbocycles. The molecule has 0 unspecified atom stereocenters. The van der Waals surface area contributed by atoms with Crippen LogP contribution < -0.4 is 5.32 Å². The third-order valence-electron chi connectivity index (χ3n) is 2.66. The molecule has 0 aromatic heterocycles. The van der Waals surface area contributed by atoms with Gasteiger partial charge in [-0.05, 0) is 60.9 Å². The van der Waals surface area contributed by atoms with Gasteiger partial charge >= 0.3 is 0 Å². The molecule has 18 heavy (non-hydrogen) atoms. The number of hydrogen-bond donors (Lipinski definition) is 1. The third kappa shape index (κ3) is 4.50. The van der Waals surface area contributed by atoms with Crippen LogP contribution in [-0.4, -0.2) is 13.1 Å². The van der Waals surface area contributed by atoms with Crippen molar-refractivity contribution < 1.29 is 8.78 Å². The van der Waals surface area contributed by atoms with Crippen molar-refractivity contribution in [3.63, 3.8) is 0 Å². The van der Waals surface area contributed by atoms with Gasteiger partial charge in [0.1, 0.15) is 11.6 Å². The Morgan fingerprint density at radius 1 is 1.39 bits per heavy atom. The second-order valence-corrected chi connectivity index (χ2v) is 5.05. The van der Waals surface area contributed by atoms with Crippen molar-refractivity contribution in [1.82, 2.24) is 5.32 Å². The van der Waals surface area contributed by atoms with Crippen LogP contribution >= 0.6 is 15.9 Å². The summed E-state index contributed by atoms with van der Waals surface area (Å²) in [6.07, 6.45) is 3.20. The van der Waals surface area contributed by atoms with Crippen molar-refractivity contribution in [2.24, 2.45) is 0 Å². The Hall–Kier alpha value is -0.740. The fourth-order valence-corrected chi connectivity index (χ4v) is 2.05. The minimum Gasteiger partial charge on any atom is -0.317 e. The van der Waals surface area contributed by atoms with Crippen molar-refractivity contribution in [3.05, 3.63) is 45.5 Å². The van der Waals surface area contributed by atoms with Crippen molar-refractivity contribution in [3.8, 4) is 0 Å². The largest absolute Gasteiger partial charge is 0.317 e. The first-order valence-electron chi connectivity index (χ1n) is 6.05. The van der Waals surface area contributed by atoms with E-state index < -0.39 is 11.6 Å². The van der Waals surface area contributed by atoms with E-state index in [9.17, 15) is 8.78 Å². The summed E-state index contributed by atoms with van der Waals surface area (Å²) in [6, 6.07) is 2.67. The van der Waals surface area contributed by atoms with Gasteiger partial charge in [0.2, 0.25) is 0 Å². The van der Waals surface area contributed by atoms with Crippen LogP contribution in [0.3, 0.4) is 0 Å².